The zero-order valence-corrected chi connectivity index (χ0v) is 16.3. The van der Waals surface area contributed by atoms with Crippen LogP contribution in [0.25, 0.3) is 16.7 Å². The molecule has 1 saturated heterocycles. The van der Waals surface area contributed by atoms with Crippen molar-refractivity contribution in [1.29, 1.82) is 0 Å². The fourth-order valence-electron chi connectivity index (χ4n) is 3.92. The number of piperidine rings is 1. The van der Waals surface area contributed by atoms with E-state index >= 15 is 0 Å². The minimum absolute atomic E-state index is 0.344. The summed E-state index contributed by atoms with van der Waals surface area (Å²) in [7, 11) is 0. The number of aromatic nitrogens is 6. The zero-order chi connectivity index (χ0) is 19.1. The van der Waals surface area contributed by atoms with E-state index in [0.717, 1.165) is 59.4 Å². The highest BCUT2D eigenvalue weighted by Crippen LogP contribution is 2.29. The van der Waals surface area contributed by atoms with Crippen molar-refractivity contribution in [3.63, 3.8) is 0 Å². The molecule has 8 heteroatoms. The normalized spacial score (nSPS) is 15.4. The second-order valence-electron chi connectivity index (χ2n) is 7.10. The fraction of sp³-hybridized carbons (Fsp3) is 0.300. The monoisotopic (exact) mass is 393 g/mol. The van der Waals surface area contributed by atoms with E-state index in [1.54, 1.807) is 0 Å². The van der Waals surface area contributed by atoms with E-state index in [-0.39, 0.29) is 0 Å². The lowest BCUT2D eigenvalue weighted by atomic mass is 10.1. The average molecular weight is 394 g/mol. The van der Waals surface area contributed by atoms with Gasteiger partial charge in [0, 0.05) is 18.1 Å². The molecule has 28 heavy (non-hydrogen) atoms. The van der Waals surface area contributed by atoms with E-state index in [4.69, 9.17) is 11.6 Å². The number of benzene rings is 2. The molecule has 3 heterocycles. The van der Waals surface area contributed by atoms with Crippen LogP contribution in [0.3, 0.4) is 0 Å². The molecular formula is C20H20ClN7. The van der Waals surface area contributed by atoms with Gasteiger partial charge in [-0.25, -0.2) is 4.68 Å². The molecule has 0 spiro atoms. The van der Waals surface area contributed by atoms with Crippen LogP contribution in [0.15, 0.2) is 48.5 Å². The summed E-state index contributed by atoms with van der Waals surface area (Å²) in [5, 5.41) is 18.2. The van der Waals surface area contributed by atoms with Crippen molar-refractivity contribution < 1.29 is 0 Å². The van der Waals surface area contributed by atoms with Crippen LogP contribution in [0.4, 0.5) is 5.95 Å². The lowest BCUT2D eigenvalue weighted by Gasteiger charge is -2.32. The third-order valence-corrected chi connectivity index (χ3v) is 5.62. The van der Waals surface area contributed by atoms with Crippen LogP contribution in [0.2, 0.25) is 5.02 Å². The van der Waals surface area contributed by atoms with Gasteiger partial charge < -0.3 is 4.90 Å². The van der Waals surface area contributed by atoms with Crippen molar-refractivity contribution in [2.75, 3.05) is 18.0 Å². The molecule has 0 bridgehead atoms. The molecule has 142 valence electrons. The number of para-hydroxylation sites is 1. The Hall–Kier alpha value is -2.93. The predicted octanol–water partition coefficient (Wildman–Crippen LogP) is 3.82. The Morgan fingerprint density at radius 2 is 1.68 bits per heavy atom. The molecule has 0 amide bonds. The van der Waals surface area contributed by atoms with Gasteiger partial charge in [-0.1, -0.05) is 28.9 Å². The van der Waals surface area contributed by atoms with Crippen LogP contribution in [0, 0.1) is 6.92 Å². The molecule has 0 aliphatic carbocycles. The van der Waals surface area contributed by atoms with E-state index in [1.807, 2.05) is 49.4 Å². The Balaban J connectivity index is 1.38. The Bertz CT molecular complexity index is 1110. The summed E-state index contributed by atoms with van der Waals surface area (Å²) in [5.74, 6) is 1.74. The van der Waals surface area contributed by atoms with Crippen molar-refractivity contribution >= 4 is 28.6 Å². The molecule has 1 fully saturated rings. The van der Waals surface area contributed by atoms with Gasteiger partial charge in [-0.15, -0.1) is 15.3 Å². The highest BCUT2D eigenvalue weighted by Gasteiger charge is 2.26. The van der Waals surface area contributed by atoms with Gasteiger partial charge in [0.1, 0.15) is 11.3 Å². The summed E-state index contributed by atoms with van der Waals surface area (Å²) in [6.07, 6.45) is 1.97. The van der Waals surface area contributed by atoms with Crippen LogP contribution in [0.1, 0.15) is 24.7 Å². The zero-order valence-electron chi connectivity index (χ0n) is 15.5. The lowest BCUT2D eigenvalue weighted by Crippen LogP contribution is -2.36. The van der Waals surface area contributed by atoms with Gasteiger partial charge in [-0.2, -0.15) is 0 Å². The summed E-state index contributed by atoms with van der Waals surface area (Å²) in [4.78, 5) is 2.30. The SMILES string of the molecule is Cc1nnc(N2CCC(n3nnc4ccccc43)CC2)n1-c1ccc(Cl)cc1. The van der Waals surface area contributed by atoms with Crippen LogP contribution < -0.4 is 4.90 Å². The van der Waals surface area contributed by atoms with E-state index in [9.17, 15) is 0 Å². The molecule has 2 aromatic carbocycles. The van der Waals surface area contributed by atoms with Gasteiger partial charge in [0.2, 0.25) is 5.95 Å². The Morgan fingerprint density at radius 1 is 0.929 bits per heavy atom. The van der Waals surface area contributed by atoms with Gasteiger partial charge in [0.05, 0.1) is 17.2 Å². The van der Waals surface area contributed by atoms with Crippen molar-refractivity contribution in [2.45, 2.75) is 25.8 Å². The van der Waals surface area contributed by atoms with Gasteiger partial charge in [-0.05, 0) is 56.2 Å². The van der Waals surface area contributed by atoms with Crippen LogP contribution in [-0.4, -0.2) is 42.8 Å². The minimum Gasteiger partial charge on any atom is -0.340 e. The molecule has 1 aliphatic rings. The maximum Gasteiger partial charge on any atom is 0.231 e. The summed E-state index contributed by atoms with van der Waals surface area (Å²) in [5.41, 5.74) is 3.07. The molecule has 7 nitrogen and oxygen atoms in total. The molecule has 5 rings (SSSR count). The van der Waals surface area contributed by atoms with E-state index < -0.39 is 0 Å². The molecule has 0 atom stereocenters. The summed E-state index contributed by atoms with van der Waals surface area (Å²) in [6, 6.07) is 16.2. The molecule has 4 aromatic rings. The van der Waals surface area contributed by atoms with Crippen molar-refractivity contribution in [2.24, 2.45) is 0 Å². The Morgan fingerprint density at radius 3 is 2.46 bits per heavy atom. The van der Waals surface area contributed by atoms with Crippen molar-refractivity contribution in [1.82, 2.24) is 29.8 Å². The smallest absolute Gasteiger partial charge is 0.231 e. The van der Waals surface area contributed by atoms with Crippen molar-refractivity contribution in [3.05, 3.63) is 59.4 Å². The molecule has 0 radical (unpaired) electrons. The van der Waals surface area contributed by atoms with Gasteiger partial charge in [0.15, 0.2) is 0 Å². The number of aryl methyl sites for hydroxylation is 1. The van der Waals surface area contributed by atoms with Gasteiger partial charge >= 0.3 is 0 Å². The van der Waals surface area contributed by atoms with Crippen LogP contribution >= 0.6 is 11.6 Å². The minimum atomic E-state index is 0.344. The highest BCUT2D eigenvalue weighted by molar-refractivity contribution is 6.30. The topological polar surface area (TPSA) is 64.7 Å². The number of fused-ring (bicyclic) bond motifs is 1. The first-order valence-corrected chi connectivity index (χ1v) is 9.81. The first kappa shape index (κ1) is 17.2. The summed E-state index contributed by atoms with van der Waals surface area (Å²) in [6.45, 7) is 3.76. The summed E-state index contributed by atoms with van der Waals surface area (Å²) >= 11 is 6.04. The van der Waals surface area contributed by atoms with Gasteiger partial charge in [-0.3, -0.25) is 4.57 Å². The molecule has 1 aliphatic heterocycles. The van der Waals surface area contributed by atoms with Crippen molar-refractivity contribution in [3.8, 4) is 5.69 Å². The number of rotatable bonds is 3. The lowest BCUT2D eigenvalue weighted by molar-refractivity contribution is 0.366. The largest absolute Gasteiger partial charge is 0.340 e. The maximum absolute atomic E-state index is 6.04. The quantitative estimate of drug-likeness (QED) is 0.529. The second kappa shape index (κ2) is 6.91. The number of anilines is 1. The first-order chi connectivity index (χ1) is 13.7. The van der Waals surface area contributed by atoms with Gasteiger partial charge in [0.25, 0.3) is 0 Å². The molecule has 0 saturated carbocycles. The van der Waals surface area contributed by atoms with E-state index in [0.29, 0.717) is 6.04 Å². The summed E-state index contributed by atoms with van der Waals surface area (Å²) < 4.78 is 4.16. The first-order valence-electron chi connectivity index (χ1n) is 9.43. The fourth-order valence-corrected chi connectivity index (χ4v) is 4.04. The van der Waals surface area contributed by atoms with Crippen LogP contribution in [0.5, 0.6) is 0 Å². The number of hydrogen-bond acceptors (Lipinski definition) is 5. The molecule has 0 N–H and O–H groups in total. The third kappa shape index (κ3) is 2.92. The average Bonchev–Trinajstić information content (AvgIpc) is 3.33. The third-order valence-electron chi connectivity index (χ3n) is 5.36. The number of nitrogens with zero attached hydrogens (tertiary/aromatic N) is 7. The second-order valence-corrected chi connectivity index (χ2v) is 7.54. The standard InChI is InChI=1S/C20H20ClN7/c1-14-22-24-20(27(14)16-8-6-15(21)7-9-16)26-12-10-17(11-13-26)28-19-5-3-2-4-18(19)23-25-28/h2-9,17H,10-13H2,1H3. The Kier molecular flexibility index (Phi) is 4.24. The maximum atomic E-state index is 6.04. The molecule has 0 unspecified atom stereocenters. The molecule has 2 aromatic heterocycles. The highest BCUT2D eigenvalue weighted by atomic mass is 35.5. The Labute approximate surface area is 167 Å². The molecular weight excluding hydrogens is 374 g/mol. The van der Waals surface area contributed by atoms with Crippen LogP contribution in [-0.2, 0) is 0 Å². The van der Waals surface area contributed by atoms with E-state index in [2.05, 4.69) is 40.7 Å². The number of hydrogen-bond donors (Lipinski definition) is 0. The number of halogens is 1. The van der Waals surface area contributed by atoms with E-state index in [1.165, 1.54) is 0 Å². The predicted molar refractivity (Wildman–Crippen MR) is 109 cm³/mol.